The van der Waals surface area contributed by atoms with Crippen molar-refractivity contribution in [3.05, 3.63) is 33.7 Å². The number of carbonyl (C=O) groups excluding carboxylic acids is 3. The molecule has 0 aromatic heterocycles. The van der Waals surface area contributed by atoms with Gasteiger partial charge in [0.2, 0.25) is 5.91 Å². The van der Waals surface area contributed by atoms with Gasteiger partial charge in [-0.2, -0.15) is 0 Å². The van der Waals surface area contributed by atoms with Crippen LogP contribution in [0.3, 0.4) is 0 Å². The molecule has 10 heteroatoms. The van der Waals surface area contributed by atoms with Gasteiger partial charge in [0.15, 0.2) is 0 Å². The Balaban J connectivity index is 2.06. The van der Waals surface area contributed by atoms with Gasteiger partial charge in [0, 0.05) is 17.1 Å². The van der Waals surface area contributed by atoms with Crippen LogP contribution in [0.1, 0.15) is 12.0 Å². The number of imide groups is 1. The number of nitrogens with one attached hydrogen (secondary N) is 1. The molecule has 0 radical (unpaired) electrons. The molecule has 0 spiro atoms. The predicted molar refractivity (Wildman–Crippen MR) is 91.1 cm³/mol. The number of amides is 3. The van der Waals surface area contributed by atoms with Crippen LogP contribution in [0.2, 0.25) is 5.02 Å². The summed E-state index contributed by atoms with van der Waals surface area (Å²) in [6.07, 6.45) is 1.05. The number of aromatic hydroxyl groups is 1. The SMILES string of the molecule is O=C(O)CCNC(=O)CN1C(=O)S/C(=C\c2cc(Cl)ccc2O)C1=O. The molecule has 8 nitrogen and oxygen atoms in total. The molecular formula is C15H13ClN2O6S. The van der Waals surface area contributed by atoms with Crippen LogP contribution in [-0.4, -0.2) is 51.2 Å². The van der Waals surface area contributed by atoms with Crippen molar-refractivity contribution in [2.75, 3.05) is 13.1 Å². The van der Waals surface area contributed by atoms with E-state index < -0.39 is 29.6 Å². The molecule has 0 aliphatic carbocycles. The van der Waals surface area contributed by atoms with Gasteiger partial charge in [-0.1, -0.05) is 11.6 Å². The van der Waals surface area contributed by atoms with Crippen LogP contribution in [0.25, 0.3) is 6.08 Å². The number of benzene rings is 1. The lowest BCUT2D eigenvalue weighted by Crippen LogP contribution is -2.40. The second-order valence-electron chi connectivity index (χ2n) is 4.96. The minimum absolute atomic E-state index is 0.0425. The monoisotopic (exact) mass is 384 g/mol. The van der Waals surface area contributed by atoms with Gasteiger partial charge in [0.05, 0.1) is 11.3 Å². The highest BCUT2D eigenvalue weighted by molar-refractivity contribution is 8.18. The number of hydrogen-bond donors (Lipinski definition) is 3. The number of nitrogens with zero attached hydrogens (tertiary/aromatic N) is 1. The highest BCUT2D eigenvalue weighted by atomic mass is 35.5. The lowest BCUT2D eigenvalue weighted by molar-refractivity contribution is -0.137. The summed E-state index contributed by atoms with van der Waals surface area (Å²) < 4.78 is 0. The van der Waals surface area contributed by atoms with Crippen molar-refractivity contribution in [3.63, 3.8) is 0 Å². The summed E-state index contributed by atoms with van der Waals surface area (Å²) >= 11 is 6.46. The number of aliphatic carboxylic acids is 1. The number of phenolic OH excluding ortho intramolecular Hbond substituents is 1. The van der Waals surface area contributed by atoms with Gasteiger partial charge in [0.25, 0.3) is 11.1 Å². The van der Waals surface area contributed by atoms with E-state index in [1.165, 1.54) is 24.3 Å². The Bertz CT molecular complexity index is 779. The summed E-state index contributed by atoms with van der Waals surface area (Å²) in [5.41, 5.74) is 0.268. The van der Waals surface area contributed by atoms with Gasteiger partial charge in [0.1, 0.15) is 12.3 Å². The Morgan fingerprint density at radius 3 is 2.72 bits per heavy atom. The maximum Gasteiger partial charge on any atom is 0.305 e. The first-order valence-electron chi connectivity index (χ1n) is 7.00. The number of rotatable bonds is 6. The molecule has 1 fully saturated rings. The van der Waals surface area contributed by atoms with E-state index in [1.54, 1.807) is 0 Å². The average molecular weight is 385 g/mol. The molecule has 1 saturated heterocycles. The first kappa shape index (κ1) is 18.8. The molecule has 0 bridgehead atoms. The molecule has 0 unspecified atom stereocenters. The lowest BCUT2D eigenvalue weighted by Gasteiger charge is -2.11. The zero-order valence-electron chi connectivity index (χ0n) is 12.7. The van der Waals surface area contributed by atoms with Crippen molar-refractivity contribution in [3.8, 4) is 5.75 Å². The summed E-state index contributed by atoms with van der Waals surface area (Å²) in [4.78, 5) is 47.1. The fraction of sp³-hybridized carbons (Fsp3) is 0.200. The van der Waals surface area contributed by atoms with Crippen LogP contribution >= 0.6 is 23.4 Å². The van der Waals surface area contributed by atoms with Crippen molar-refractivity contribution >= 4 is 52.5 Å². The molecule has 1 aliphatic rings. The third-order valence-corrected chi connectivity index (χ3v) is 4.26. The van der Waals surface area contributed by atoms with Crippen LogP contribution < -0.4 is 5.32 Å². The number of phenols is 1. The summed E-state index contributed by atoms with van der Waals surface area (Å²) in [6.45, 7) is -0.611. The minimum atomic E-state index is -1.07. The topological polar surface area (TPSA) is 124 Å². The first-order chi connectivity index (χ1) is 11.8. The minimum Gasteiger partial charge on any atom is -0.507 e. The largest absolute Gasteiger partial charge is 0.507 e. The zero-order chi connectivity index (χ0) is 18.6. The van der Waals surface area contributed by atoms with Crippen LogP contribution in [0, 0.1) is 0 Å². The third-order valence-electron chi connectivity index (χ3n) is 3.11. The molecular weight excluding hydrogens is 372 g/mol. The second-order valence-corrected chi connectivity index (χ2v) is 6.39. The van der Waals surface area contributed by atoms with E-state index in [4.69, 9.17) is 16.7 Å². The van der Waals surface area contributed by atoms with Gasteiger partial charge in [-0.05, 0) is 36.0 Å². The van der Waals surface area contributed by atoms with E-state index in [1.807, 2.05) is 0 Å². The maximum atomic E-state index is 12.3. The quantitative estimate of drug-likeness (QED) is 0.637. The van der Waals surface area contributed by atoms with Gasteiger partial charge in [-0.15, -0.1) is 0 Å². The van der Waals surface area contributed by atoms with Crippen LogP contribution in [0.4, 0.5) is 4.79 Å². The molecule has 0 atom stereocenters. The number of carbonyl (C=O) groups is 4. The molecule has 1 aromatic rings. The Labute approximate surface area is 151 Å². The van der Waals surface area contributed by atoms with E-state index >= 15 is 0 Å². The number of halogens is 1. The van der Waals surface area contributed by atoms with Crippen molar-refractivity contribution in [1.82, 2.24) is 10.2 Å². The Hall–Kier alpha value is -2.52. The first-order valence-corrected chi connectivity index (χ1v) is 8.19. The molecule has 1 aliphatic heterocycles. The van der Waals surface area contributed by atoms with E-state index in [0.717, 1.165) is 4.90 Å². The Kier molecular flexibility index (Phi) is 6.05. The fourth-order valence-electron chi connectivity index (χ4n) is 1.93. The van der Waals surface area contributed by atoms with Gasteiger partial charge < -0.3 is 15.5 Å². The van der Waals surface area contributed by atoms with Gasteiger partial charge >= 0.3 is 5.97 Å². The number of thioether (sulfide) groups is 1. The normalized spacial score (nSPS) is 15.7. The molecule has 3 amide bonds. The molecule has 132 valence electrons. The van der Waals surface area contributed by atoms with Crippen molar-refractivity contribution in [2.24, 2.45) is 0 Å². The van der Waals surface area contributed by atoms with Crippen LogP contribution in [-0.2, 0) is 14.4 Å². The van der Waals surface area contributed by atoms with E-state index in [9.17, 15) is 24.3 Å². The maximum absolute atomic E-state index is 12.3. The number of carboxylic acid groups (broad SMARTS) is 1. The number of hydrogen-bond acceptors (Lipinski definition) is 6. The molecule has 2 rings (SSSR count). The van der Waals surface area contributed by atoms with Crippen molar-refractivity contribution in [2.45, 2.75) is 6.42 Å². The smallest absolute Gasteiger partial charge is 0.305 e. The lowest BCUT2D eigenvalue weighted by atomic mass is 10.2. The summed E-state index contributed by atoms with van der Waals surface area (Å²) in [5.74, 6) is -2.50. The van der Waals surface area contributed by atoms with Gasteiger partial charge in [-0.3, -0.25) is 24.1 Å². The van der Waals surface area contributed by atoms with Crippen molar-refractivity contribution < 1.29 is 29.4 Å². The molecule has 25 heavy (non-hydrogen) atoms. The highest BCUT2D eigenvalue weighted by Crippen LogP contribution is 2.34. The van der Waals surface area contributed by atoms with Crippen LogP contribution in [0.15, 0.2) is 23.1 Å². The molecule has 1 aromatic carbocycles. The molecule has 1 heterocycles. The Morgan fingerprint density at radius 1 is 1.32 bits per heavy atom. The third kappa shape index (κ3) is 4.97. The summed E-state index contributed by atoms with van der Waals surface area (Å²) in [7, 11) is 0. The van der Waals surface area contributed by atoms with E-state index in [-0.39, 0.29) is 29.2 Å². The highest BCUT2D eigenvalue weighted by Gasteiger charge is 2.36. The standard InChI is InChI=1S/C15H13ClN2O6S/c16-9-1-2-10(19)8(5-9)6-11-14(23)18(15(24)25-11)7-12(20)17-4-3-13(21)22/h1-2,5-6,19H,3-4,7H2,(H,17,20)(H,21,22)/b11-6-. The summed E-state index contributed by atoms with van der Waals surface area (Å²) in [6, 6.07) is 4.26. The average Bonchev–Trinajstić information content (AvgIpc) is 2.78. The zero-order valence-corrected chi connectivity index (χ0v) is 14.3. The Morgan fingerprint density at radius 2 is 2.04 bits per heavy atom. The van der Waals surface area contributed by atoms with Crippen molar-refractivity contribution in [1.29, 1.82) is 0 Å². The fourth-order valence-corrected chi connectivity index (χ4v) is 2.94. The van der Waals surface area contributed by atoms with E-state index in [0.29, 0.717) is 16.8 Å². The van der Waals surface area contributed by atoms with E-state index in [2.05, 4.69) is 5.32 Å². The second kappa shape index (κ2) is 8.04. The predicted octanol–water partition coefficient (Wildman–Crippen LogP) is 1.67. The van der Waals surface area contributed by atoms with Crippen LogP contribution in [0.5, 0.6) is 5.75 Å². The molecule has 3 N–H and O–H groups in total. The van der Waals surface area contributed by atoms with Gasteiger partial charge in [-0.25, -0.2) is 0 Å². The molecule has 0 saturated carbocycles. The summed E-state index contributed by atoms with van der Waals surface area (Å²) in [5, 5.41) is 20.3. The number of carboxylic acids is 1.